The van der Waals surface area contributed by atoms with Gasteiger partial charge in [0.15, 0.2) is 5.96 Å². The SMILES string of the molecule is CN=C(NCCN1C(=O)CNC1=O)N1CCN(c2ccc(OC)cc2)CC1. The van der Waals surface area contributed by atoms with Gasteiger partial charge in [-0.25, -0.2) is 4.79 Å². The molecule has 2 aliphatic heterocycles. The lowest BCUT2D eigenvalue weighted by Crippen LogP contribution is -2.53. The van der Waals surface area contributed by atoms with Crippen LogP contribution in [0.4, 0.5) is 10.5 Å². The van der Waals surface area contributed by atoms with E-state index in [1.54, 1.807) is 14.2 Å². The van der Waals surface area contributed by atoms with E-state index >= 15 is 0 Å². The van der Waals surface area contributed by atoms with E-state index in [4.69, 9.17) is 4.74 Å². The lowest BCUT2D eigenvalue weighted by atomic mass is 10.2. The van der Waals surface area contributed by atoms with E-state index in [9.17, 15) is 9.59 Å². The summed E-state index contributed by atoms with van der Waals surface area (Å²) in [6.45, 7) is 4.35. The highest BCUT2D eigenvalue weighted by Gasteiger charge is 2.28. The molecule has 0 unspecified atom stereocenters. The van der Waals surface area contributed by atoms with Crippen LogP contribution in [0, 0.1) is 0 Å². The van der Waals surface area contributed by atoms with Crippen molar-refractivity contribution in [3.8, 4) is 5.75 Å². The number of hydrogen-bond acceptors (Lipinski definition) is 5. The zero-order valence-corrected chi connectivity index (χ0v) is 15.8. The van der Waals surface area contributed by atoms with Gasteiger partial charge in [0.05, 0.1) is 13.7 Å². The molecule has 3 rings (SSSR count). The number of imide groups is 1. The van der Waals surface area contributed by atoms with E-state index in [1.807, 2.05) is 12.1 Å². The first-order valence-corrected chi connectivity index (χ1v) is 9.05. The maximum Gasteiger partial charge on any atom is 0.324 e. The number of guanidine groups is 1. The largest absolute Gasteiger partial charge is 0.497 e. The second-order valence-corrected chi connectivity index (χ2v) is 6.35. The Kier molecular flexibility index (Phi) is 6.00. The Hall–Kier alpha value is -2.97. The number of carbonyl (C=O) groups excluding carboxylic acids is 2. The first-order chi connectivity index (χ1) is 13.1. The molecule has 0 spiro atoms. The number of nitrogens with one attached hydrogen (secondary N) is 2. The van der Waals surface area contributed by atoms with Gasteiger partial charge in [-0.15, -0.1) is 0 Å². The van der Waals surface area contributed by atoms with Crippen molar-refractivity contribution in [3.05, 3.63) is 24.3 Å². The van der Waals surface area contributed by atoms with Crippen molar-refractivity contribution < 1.29 is 14.3 Å². The lowest BCUT2D eigenvalue weighted by Gasteiger charge is -2.37. The molecule has 0 bridgehead atoms. The Bertz CT molecular complexity index is 682. The summed E-state index contributed by atoms with van der Waals surface area (Å²) in [7, 11) is 3.41. The minimum atomic E-state index is -0.329. The van der Waals surface area contributed by atoms with Gasteiger partial charge in [0, 0.05) is 52.0 Å². The summed E-state index contributed by atoms with van der Waals surface area (Å²) in [5, 5.41) is 5.76. The number of benzene rings is 1. The number of nitrogens with zero attached hydrogens (tertiary/aromatic N) is 4. The second-order valence-electron chi connectivity index (χ2n) is 6.35. The molecule has 146 valence electrons. The summed E-state index contributed by atoms with van der Waals surface area (Å²) in [4.78, 5) is 33.2. The van der Waals surface area contributed by atoms with Gasteiger partial charge in [0.1, 0.15) is 5.75 Å². The molecule has 2 N–H and O–H groups in total. The van der Waals surface area contributed by atoms with Crippen LogP contribution in [0.5, 0.6) is 5.75 Å². The maximum atomic E-state index is 11.6. The van der Waals surface area contributed by atoms with Gasteiger partial charge in [-0.1, -0.05) is 0 Å². The highest BCUT2D eigenvalue weighted by atomic mass is 16.5. The molecule has 9 nitrogen and oxygen atoms in total. The highest BCUT2D eigenvalue weighted by Crippen LogP contribution is 2.20. The minimum Gasteiger partial charge on any atom is -0.497 e. The quantitative estimate of drug-likeness (QED) is 0.427. The summed E-state index contributed by atoms with van der Waals surface area (Å²) >= 11 is 0. The van der Waals surface area contributed by atoms with Gasteiger partial charge >= 0.3 is 6.03 Å². The second kappa shape index (κ2) is 8.61. The number of ether oxygens (including phenoxy) is 1. The minimum absolute atomic E-state index is 0.0842. The van der Waals surface area contributed by atoms with Crippen molar-refractivity contribution in [2.45, 2.75) is 0 Å². The monoisotopic (exact) mass is 374 g/mol. The third-order valence-corrected chi connectivity index (χ3v) is 4.78. The van der Waals surface area contributed by atoms with Crippen molar-refractivity contribution in [3.63, 3.8) is 0 Å². The molecule has 2 aliphatic rings. The summed E-state index contributed by atoms with van der Waals surface area (Å²) in [5.74, 6) is 1.45. The fourth-order valence-electron chi connectivity index (χ4n) is 3.26. The summed E-state index contributed by atoms with van der Waals surface area (Å²) < 4.78 is 5.21. The van der Waals surface area contributed by atoms with Crippen LogP contribution >= 0.6 is 0 Å². The summed E-state index contributed by atoms with van der Waals surface area (Å²) in [6, 6.07) is 7.75. The molecule has 1 aromatic rings. The number of aliphatic imine (C=N–C) groups is 1. The number of methoxy groups -OCH3 is 1. The van der Waals surface area contributed by atoms with Crippen molar-refractivity contribution in [1.82, 2.24) is 20.4 Å². The molecule has 3 amide bonds. The van der Waals surface area contributed by atoms with Gasteiger partial charge in [0.2, 0.25) is 5.91 Å². The van der Waals surface area contributed by atoms with E-state index in [0.29, 0.717) is 13.1 Å². The van der Waals surface area contributed by atoms with Crippen LogP contribution < -0.4 is 20.3 Å². The van der Waals surface area contributed by atoms with E-state index in [1.165, 1.54) is 10.6 Å². The summed E-state index contributed by atoms with van der Waals surface area (Å²) in [5.41, 5.74) is 1.18. The molecule has 1 aromatic carbocycles. The number of anilines is 1. The van der Waals surface area contributed by atoms with Crippen LogP contribution in [0.1, 0.15) is 0 Å². The fraction of sp³-hybridized carbons (Fsp3) is 0.500. The van der Waals surface area contributed by atoms with Gasteiger partial charge in [-0.2, -0.15) is 0 Å². The maximum absolute atomic E-state index is 11.6. The molecule has 2 saturated heterocycles. The molecule has 9 heteroatoms. The van der Waals surface area contributed by atoms with Crippen molar-refractivity contribution in [2.75, 3.05) is 64.9 Å². The first-order valence-electron chi connectivity index (χ1n) is 9.05. The third kappa shape index (κ3) is 4.42. The zero-order valence-electron chi connectivity index (χ0n) is 15.8. The predicted octanol–water partition coefficient (Wildman–Crippen LogP) is -0.0556. The van der Waals surface area contributed by atoms with Crippen LogP contribution in [0.3, 0.4) is 0 Å². The standard InChI is InChI=1S/C18H26N6O3/c1-19-17(20-7-8-24-16(25)13-21-18(24)26)23-11-9-22(10-12-23)14-3-5-15(27-2)6-4-14/h3-6H,7-13H2,1-2H3,(H,19,20)(H,21,26). The van der Waals surface area contributed by atoms with E-state index < -0.39 is 0 Å². The molecule has 0 saturated carbocycles. The number of piperazine rings is 1. The van der Waals surface area contributed by atoms with E-state index in [2.05, 4.69) is 37.6 Å². The smallest absolute Gasteiger partial charge is 0.324 e. The molecule has 0 atom stereocenters. The van der Waals surface area contributed by atoms with E-state index in [0.717, 1.165) is 37.9 Å². The molecule has 2 fully saturated rings. The topological polar surface area (TPSA) is 89.5 Å². The number of amides is 3. The number of rotatable bonds is 5. The number of urea groups is 1. The fourth-order valence-corrected chi connectivity index (χ4v) is 3.26. The number of hydrogen-bond donors (Lipinski definition) is 2. The van der Waals surface area contributed by atoms with Crippen molar-refractivity contribution in [2.24, 2.45) is 4.99 Å². The van der Waals surface area contributed by atoms with Crippen LogP contribution in [-0.2, 0) is 4.79 Å². The average molecular weight is 374 g/mol. The molecular weight excluding hydrogens is 348 g/mol. The molecule has 27 heavy (non-hydrogen) atoms. The molecule has 0 aliphatic carbocycles. The van der Waals surface area contributed by atoms with Crippen molar-refractivity contribution in [1.29, 1.82) is 0 Å². The van der Waals surface area contributed by atoms with Crippen LogP contribution in [0.15, 0.2) is 29.3 Å². The average Bonchev–Trinajstić information content (AvgIpc) is 3.03. The number of carbonyl (C=O) groups is 2. The van der Waals surface area contributed by atoms with Gasteiger partial charge < -0.3 is 25.2 Å². The Morgan fingerprint density at radius 2 is 1.89 bits per heavy atom. The molecule has 0 radical (unpaired) electrons. The summed E-state index contributed by atoms with van der Waals surface area (Å²) in [6.07, 6.45) is 0. The lowest BCUT2D eigenvalue weighted by molar-refractivity contribution is -0.124. The first kappa shape index (κ1) is 18.8. The highest BCUT2D eigenvalue weighted by molar-refractivity contribution is 6.01. The van der Waals surface area contributed by atoms with E-state index in [-0.39, 0.29) is 18.5 Å². The van der Waals surface area contributed by atoms with Crippen LogP contribution in [0.25, 0.3) is 0 Å². The predicted molar refractivity (Wildman–Crippen MR) is 103 cm³/mol. The third-order valence-electron chi connectivity index (χ3n) is 4.78. The zero-order chi connectivity index (χ0) is 19.2. The van der Waals surface area contributed by atoms with Crippen LogP contribution in [0.2, 0.25) is 0 Å². The van der Waals surface area contributed by atoms with Gasteiger partial charge in [0.25, 0.3) is 0 Å². The normalized spacial score (nSPS) is 18.0. The van der Waals surface area contributed by atoms with Gasteiger partial charge in [-0.05, 0) is 24.3 Å². The Labute approximate surface area is 159 Å². The molecule has 2 heterocycles. The Balaban J connectivity index is 1.47. The van der Waals surface area contributed by atoms with Crippen molar-refractivity contribution >= 4 is 23.6 Å². The van der Waals surface area contributed by atoms with Crippen LogP contribution in [-0.4, -0.2) is 87.7 Å². The Morgan fingerprint density at radius 3 is 2.44 bits per heavy atom. The van der Waals surface area contributed by atoms with Gasteiger partial charge in [-0.3, -0.25) is 14.7 Å². The molecule has 0 aromatic heterocycles. The Morgan fingerprint density at radius 1 is 1.19 bits per heavy atom. The molecular formula is C18H26N6O3.